The third kappa shape index (κ3) is 3.71. The number of hydrogen-bond donors (Lipinski definition) is 2. The van der Waals surface area contributed by atoms with Crippen LogP contribution in [0.4, 0.5) is 0 Å². The second kappa shape index (κ2) is 7.68. The average molecular weight is 350 g/mol. The minimum Gasteiger partial charge on any atom is -0.495 e. The fraction of sp³-hybridized carbons (Fsp3) is 0.412. The lowest BCUT2D eigenvalue weighted by Gasteiger charge is -2.29. The highest BCUT2D eigenvalue weighted by Gasteiger charge is 2.34. The van der Waals surface area contributed by atoms with E-state index in [0.29, 0.717) is 29.7 Å². The van der Waals surface area contributed by atoms with Gasteiger partial charge in [0.15, 0.2) is 0 Å². The molecule has 1 saturated heterocycles. The molecule has 0 bridgehead atoms. The fourth-order valence-electron chi connectivity index (χ4n) is 2.89. The van der Waals surface area contributed by atoms with E-state index in [1.54, 1.807) is 31.6 Å². The van der Waals surface area contributed by atoms with E-state index in [1.807, 2.05) is 6.07 Å². The topological polar surface area (TPSA) is 76.2 Å². The average Bonchev–Trinajstić information content (AvgIpc) is 3.14. The van der Waals surface area contributed by atoms with E-state index in [9.17, 15) is 4.79 Å². The van der Waals surface area contributed by atoms with Crippen molar-refractivity contribution < 1.29 is 14.3 Å². The largest absolute Gasteiger partial charge is 0.495 e. The Balaban J connectivity index is 1.64. The third-order valence-corrected chi connectivity index (χ3v) is 4.43. The van der Waals surface area contributed by atoms with Crippen LogP contribution in [0.25, 0.3) is 0 Å². The monoisotopic (exact) mass is 349 g/mol. The van der Waals surface area contributed by atoms with Crippen LogP contribution in [-0.2, 0) is 16.1 Å². The number of nitrogens with one attached hydrogen (secondary N) is 2. The number of ether oxygens (including phenoxy) is 2. The molecule has 2 atom stereocenters. The molecule has 1 aromatic carbocycles. The Labute approximate surface area is 145 Å². The molecule has 0 aliphatic carbocycles. The number of H-pyrrole nitrogens is 1. The van der Waals surface area contributed by atoms with E-state index in [2.05, 4.69) is 15.3 Å². The number of nitrogens with zero attached hydrogens (tertiary/aromatic N) is 1. The number of methoxy groups -OCH3 is 1. The lowest BCUT2D eigenvalue weighted by Crippen LogP contribution is -2.37. The maximum Gasteiger partial charge on any atom is 0.226 e. The smallest absolute Gasteiger partial charge is 0.226 e. The zero-order valence-electron chi connectivity index (χ0n) is 13.4. The zero-order chi connectivity index (χ0) is 16.9. The van der Waals surface area contributed by atoms with Gasteiger partial charge in [-0.25, -0.2) is 4.98 Å². The van der Waals surface area contributed by atoms with Crippen LogP contribution in [0.3, 0.4) is 0 Å². The molecule has 24 heavy (non-hydrogen) atoms. The van der Waals surface area contributed by atoms with E-state index in [1.165, 1.54) is 0 Å². The van der Waals surface area contributed by atoms with Crippen LogP contribution in [0, 0.1) is 5.92 Å². The van der Waals surface area contributed by atoms with Crippen molar-refractivity contribution in [1.82, 2.24) is 15.3 Å². The van der Waals surface area contributed by atoms with Crippen molar-refractivity contribution in [3.63, 3.8) is 0 Å². The summed E-state index contributed by atoms with van der Waals surface area (Å²) in [5.74, 6) is 1.02. The third-order valence-electron chi connectivity index (χ3n) is 4.13. The molecule has 7 heteroatoms. The van der Waals surface area contributed by atoms with E-state index >= 15 is 0 Å². The van der Waals surface area contributed by atoms with E-state index in [4.69, 9.17) is 21.1 Å². The predicted octanol–water partition coefficient (Wildman–Crippen LogP) is 2.86. The molecule has 0 unspecified atom stereocenters. The first-order valence-corrected chi connectivity index (χ1v) is 8.28. The number of carbonyl (C=O) groups is 1. The second-order valence-corrected chi connectivity index (χ2v) is 6.11. The molecule has 0 spiro atoms. The number of carbonyl (C=O) groups excluding carboxylic acids is 1. The summed E-state index contributed by atoms with van der Waals surface area (Å²) in [7, 11) is 1.57. The van der Waals surface area contributed by atoms with Crippen LogP contribution in [0.5, 0.6) is 5.75 Å². The summed E-state index contributed by atoms with van der Waals surface area (Å²) in [5.41, 5.74) is 0.917. The number of aromatic amines is 1. The van der Waals surface area contributed by atoms with Crippen LogP contribution >= 0.6 is 11.6 Å². The highest BCUT2D eigenvalue weighted by atomic mass is 35.5. The summed E-state index contributed by atoms with van der Waals surface area (Å²) in [4.78, 5) is 19.9. The molecule has 0 radical (unpaired) electrons. The van der Waals surface area contributed by atoms with Crippen molar-refractivity contribution in [2.75, 3.05) is 13.7 Å². The zero-order valence-corrected chi connectivity index (χ0v) is 14.2. The standard InChI is InChI=1S/C17H20ClN3O3/c1-23-14-5-4-11(9-13(14)18)10-21-17(22)12-3-2-8-24-15(12)16-19-6-7-20-16/h4-7,9,12,15H,2-3,8,10H2,1H3,(H,19,20)(H,21,22)/t12-,15-/m1/s1. The van der Waals surface area contributed by atoms with Crippen LogP contribution in [0.1, 0.15) is 30.3 Å². The number of imidazole rings is 1. The number of rotatable bonds is 5. The van der Waals surface area contributed by atoms with Crippen molar-refractivity contribution in [3.05, 3.63) is 47.0 Å². The summed E-state index contributed by atoms with van der Waals surface area (Å²) in [6, 6.07) is 5.47. The van der Waals surface area contributed by atoms with Gasteiger partial charge in [0, 0.05) is 25.5 Å². The van der Waals surface area contributed by atoms with Gasteiger partial charge in [-0.3, -0.25) is 4.79 Å². The molecule has 1 aliphatic rings. The second-order valence-electron chi connectivity index (χ2n) is 5.70. The van der Waals surface area contributed by atoms with Crippen LogP contribution < -0.4 is 10.1 Å². The molecule has 2 heterocycles. The molecule has 3 rings (SSSR count). The molecule has 0 saturated carbocycles. The van der Waals surface area contributed by atoms with Crippen LogP contribution in [0.2, 0.25) is 5.02 Å². The van der Waals surface area contributed by atoms with Gasteiger partial charge < -0.3 is 19.8 Å². The van der Waals surface area contributed by atoms with Gasteiger partial charge in [0.1, 0.15) is 17.7 Å². The summed E-state index contributed by atoms with van der Waals surface area (Å²) in [6.45, 7) is 1.05. The highest BCUT2D eigenvalue weighted by Crippen LogP contribution is 2.32. The molecule has 1 aliphatic heterocycles. The van der Waals surface area contributed by atoms with Crippen LogP contribution in [-0.4, -0.2) is 29.6 Å². The first-order chi connectivity index (χ1) is 11.7. The molecule has 1 aromatic heterocycles. The lowest BCUT2D eigenvalue weighted by atomic mass is 9.92. The van der Waals surface area contributed by atoms with Gasteiger partial charge in [-0.15, -0.1) is 0 Å². The Morgan fingerprint density at radius 3 is 3.12 bits per heavy atom. The van der Waals surface area contributed by atoms with Gasteiger partial charge >= 0.3 is 0 Å². The summed E-state index contributed by atoms with van der Waals surface area (Å²) < 4.78 is 10.9. The summed E-state index contributed by atoms with van der Waals surface area (Å²) >= 11 is 6.11. The van der Waals surface area contributed by atoms with Gasteiger partial charge in [-0.1, -0.05) is 17.7 Å². The maximum atomic E-state index is 12.6. The fourth-order valence-corrected chi connectivity index (χ4v) is 3.17. The number of hydrogen-bond acceptors (Lipinski definition) is 4. The molecular weight excluding hydrogens is 330 g/mol. The number of benzene rings is 1. The SMILES string of the molecule is COc1ccc(CNC(=O)[C@@H]2CCCO[C@H]2c2ncc[nH]2)cc1Cl. The van der Waals surface area contributed by atoms with E-state index in [-0.39, 0.29) is 17.9 Å². The van der Waals surface area contributed by atoms with Crippen molar-refractivity contribution >= 4 is 17.5 Å². The Kier molecular flexibility index (Phi) is 5.37. The molecule has 2 aromatic rings. The van der Waals surface area contributed by atoms with Crippen molar-refractivity contribution in [2.24, 2.45) is 5.92 Å². The Bertz CT molecular complexity index is 690. The molecule has 1 amide bonds. The van der Waals surface area contributed by atoms with Gasteiger partial charge in [0.2, 0.25) is 5.91 Å². The Morgan fingerprint density at radius 2 is 2.42 bits per heavy atom. The maximum absolute atomic E-state index is 12.6. The van der Waals surface area contributed by atoms with E-state index < -0.39 is 0 Å². The highest BCUT2D eigenvalue weighted by molar-refractivity contribution is 6.32. The normalized spacial score (nSPS) is 20.6. The summed E-state index contributed by atoms with van der Waals surface area (Å²) in [6.07, 6.45) is 4.72. The van der Waals surface area contributed by atoms with Gasteiger partial charge in [-0.2, -0.15) is 0 Å². The van der Waals surface area contributed by atoms with Gasteiger partial charge in [0.25, 0.3) is 0 Å². The molecular formula is C17H20ClN3O3. The minimum absolute atomic E-state index is 0.0389. The predicted molar refractivity (Wildman–Crippen MR) is 89.9 cm³/mol. The van der Waals surface area contributed by atoms with Crippen molar-refractivity contribution in [1.29, 1.82) is 0 Å². The van der Waals surface area contributed by atoms with Gasteiger partial charge in [-0.05, 0) is 30.5 Å². The Hall–Kier alpha value is -2.05. The first kappa shape index (κ1) is 16.8. The first-order valence-electron chi connectivity index (χ1n) is 7.90. The molecule has 1 fully saturated rings. The number of aromatic nitrogens is 2. The Morgan fingerprint density at radius 1 is 1.54 bits per heavy atom. The number of halogens is 1. The summed E-state index contributed by atoms with van der Waals surface area (Å²) in [5, 5.41) is 3.49. The van der Waals surface area contributed by atoms with Gasteiger partial charge in [0.05, 0.1) is 18.1 Å². The van der Waals surface area contributed by atoms with Crippen molar-refractivity contribution in [3.8, 4) is 5.75 Å². The van der Waals surface area contributed by atoms with Crippen molar-refractivity contribution in [2.45, 2.75) is 25.5 Å². The number of amides is 1. The molecule has 128 valence electrons. The van der Waals surface area contributed by atoms with E-state index in [0.717, 1.165) is 18.4 Å². The molecule has 2 N–H and O–H groups in total. The van der Waals surface area contributed by atoms with Crippen LogP contribution in [0.15, 0.2) is 30.6 Å². The minimum atomic E-state index is -0.326. The lowest BCUT2D eigenvalue weighted by molar-refractivity contribution is -0.135. The quantitative estimate of drug-likeness (QED) is 0.870. The molecule has 6 nitrogen and oxygen atoms in total.